The lowest BCUT2D eigenvalue weighted by Crippen LogP contribution is -2.09. The fourth-order valence-corrected chi connectivity index (χ4v) is 2.32. The maximum atomic E-state index is 11.2. The minimum atomic E-state index is -3.32. The van der Waals surface area contributed by atoms with Crippen LogP contribution in [0.3, 0.4) is 0 Å². The average molecular weight is 251 g/mol. The van der Waals surface area contributed by atoms with Gasteiger partial charge < -0.3 is 5.11 Å². The molecule has 0 unspecified atom stereocenters. The predicted octanol–water partition coefficient (Wildman–Crippen LogP) is 2.23. The lowest BCUT2D eigenvalue weighted by molar-refractivity contribution is 0.477. The number of phenols is 1. The molecular formula is C12H13NO3S. The number of fused-ring (bicyclic) bond motifs is 1. The number of hydrogen-bond acceptors (Lipinski definition) is 3. The number of aryl methyl sites for hydroxylation is 1. The van der Waals surface area contributed by atoms with E-state index in [4.69, 9.17) is 0 Å². The van der Waals surface area contributed by atoms with Crippen LogP contribution in [0.15, 0.2) is 30.3 Å². The minimum absolute atomic E-state index is 0.180. The Morgan fingerprint density at radius 3 is 2.47 bits per heavy atom. The molecule has 0 radical (unpaired) electrons. The van der Waals surface area contributed by atoms with Gasteiger partial charge in [0.15, 0.2) is 0 Å². The summed E-state index contributed by atoms with van der Waals surface area (Å²) in [5, 5.41) is 11.2. The second-order valence-electron chi connectivity index (χ2n) is 4.01. The maximum Gasteiger partial charge on any atom is 0.229 e. The topological polar surface area (TPSA) is 66.4 Å². The normalized spacial score (nSPS) is 11.6. The van der Waals surface area contributed by atoms with E-state index < -0.39 is 10.0 Å². The summed E-state index contributed by atoms with van der Waals surface area (Å²) in [4.78, 5) is 0. The van der Waals surface area contributed by atoms with Crippen LogP contribution in [0.2, 0.25) is 0 Å². The summed E-state index contributed by atoms with van der Waals surface area (Å²) in [5.41, 5.74) is 1.23. The first-order chi connectivity index (χ1) is 7.88. The van der Waals surface area contributed by atoms with Crippen molar-refractivity contribution in [3.05, 3.63) is 35.9 Å². The van der Waals surface area contributed by atoms with E-state index in [9.17, 15) is 13.5 Å². The van der Waals surface area contributed by atoms with Crippen molar-refractivity contribution in [2.75, 3.05) is 11.0 Å². The van der Waals surface area contributed by atoms with Crippen molar-refractivity contribution in [1.29, 1.82) is 0 Å². The van der Waals surface area contributed by atoms with Crippen molar-refractivity contribution < 1.29 is 13.5 Å². The molecular weight excluding hydrogens is 238 g/mol. The number of rotatable bonds is 2. The molecule has 0 aliphatic carbocycles. The van der Waals surface area contributed by atoms with Crippen LogP contribution in [-0.2, 0) is 10.0 Å². The summed E-state index contributed by atoms with van der Waals surface area (Å²) in [6.07, 6.45) is 1.10. The van der Waals surface area contributed by atoms with Crippen molar-refractivity contribution in [3.63, 3.8) is 0 Å². The van der Waals surface area contributed by atoms with Crippen molar-refractivity contribution in [2.45, 2.75) is 6.92 Å². The molecule has 0 aliphatic rings. The SMILES string of the molecule is Cc1ccc2c(NS(C)(=O)=O)cccc2c1O. The van der Waals surface area contributed by atoms with Crippen molar-refractivity contribution >= 4 is 26.5 Å². The van der Waals surface area contributed by atoms with Gasteiger partial charge in [0.2, 0.25) is 10.0 Å². The molecule has 0 bridgehead atoms. The number of nitrogens with one attached hydrogen (secondary N) is 1. The predicted molar refractivity (Wildman–Crippen MR) is 68.8 cm³/mol. The molecule has 0 aromatic heterocycles. The summed E-state index contributed by atoms with van der Waals surface area (Å²) in [5.74, 6) is 0.180. The Morgan fingerprint density at radius 2 is 1.82 bits per heavy atom. The van der Waals surface area contributed by atoms with Crippen LogP contribution in [0.4, 0.5) is 5.69 Å². The second kappa shape index (κ2) is 3.92. The fraction of sp³-hybridized carbons (Fsp3) is 0.167. The lowest BCUT2D eigenvalue weighted by Gasteiger charge is -2.10. The van der Waals surface area contributed by atoms with E-state index in [1.165, 1.54) is 0 Å². The molecule has 0 saturated carbocycles. The molecule has 5 heteroatoms. The monoisotopic (exact) mass is 251 g/mol. The van der Waals surface area contributed by atoms with Crippen LogP contribution in [0.5, 0.6) is 5.75 Å². The van der Waals surface area contributed by atoms with Crippen LogP contribution < -0.4 is 4.72 Å². The van der Waals surface area contributed by atoms with Gasteiger partial charge >= 0.3 is 0 Å². The number of hydrogen-bond donors (Lipinski definition) is 2. The molecule has 0 aliphatic heterocycles. The van der Waals surface area contributed by atoms with E-state index >= 15 is 0 Å². The average Bonchev–Trinajstić information content (AvgIpc) is 2.22. The molecule has 0 atom stereocenters. The summed E-state index contributed by atoms with van der Waals surface area (Å²) >= 11 is 0. The smallest absolute Gasteiger partial charge is 0.229 e. The zero-order valence-electron chi connectivity index (χ0n) is 9.56. The molecule has 4 nitrogen and oxygen atoms in total. The number of sulfonamides is 1. The molecule has 0 heterocycles. The molecule has 0 spiro atoms. The zero-order valence-corrected chi connectivity index (χ0v) is 10.4. The van der Waals surface area contributed by atoms with Crippen molar-refractivity contribution in [1.82, 2.24) is 0 Å². The maximum absolute atomic E-state index is 11.2. The Kier molecular flexibility index (Phi) is 2.71. The molecule has 2 N–H and O–H groups in total. The first-order valence-corrected chi connectivity index (χ1v) is 6.97. The number of benzene rings is 2. The molecule has 2 aromatic carbocycles. The van der Waals surface area contributed by atoms with Gasteiger partial charge in [-0.15, -0.1) is 0 Å². The summed E-state index contributed by atoms with van der Waals surface area (Å²) in [6, 6.07) is 8.67. The first-order valence-electron chi connectivity index (χ1n) is 5.07. The Bertz CT molecular complexity index is 677. The van der Waals surface area contributed by atoms with Crippen LogP contribution in [-0.4, -0.2) is 19.8 Å². The zero-order chi connectivity index (χ0) is 12.6. The number of anilines is 1. The molecule has 2 rings (SSSR count). The third kappa shape index (κ3) is 2.34. The van der Waals surface area contributed by atoms with E-state index in [2.05, 4.69) is 4.72 Å². The molecule has 0 saturated heterocycles. The van der Waals surface area contributed by atoms with Gasteiger partial charge in [0.1, 0.15) is 5.75 Å². The van der Waals surface area contributed by atoms with Crippen molar-refractivity contribution in [2.24, 2.45) is 0 Å². The Labute approximate surface area is 99.9 Å². The highest BCUT2D eigenvalue weighted by molar-refractivity contribution is 7.92. The summed E-state index contributed by atoms with van der Waals surface area (Å²) < 4.78 is 24.9. The van der Waals surface area contributed by atoms with E-state index in [0.29, 0.717) is 16.5 Å². The molecule has 90 valence electrons. The van der Waals surface area contributed by atoms with E-state index in [-0.39, 0.29) is 5.75 Å². The van der Waals surface area contributed by atoms with Crippen LogP contribution in [0, 0.1) is 6.92 Å². The molecule has 2 aromatic rings. The first kappa shape index (κ1) is 11.7. The highest BCUT2D eigenvalue weighted by atomic mass is 32.2. The van der Waals surface area contributed by atoms with Gasteiger partial charge in [0.05, 0.1) is 11.9 Å². The van der Waals surface area contributed by atoms with Gasteiger partial charge in [-0.1, -0.05) is 24.3 Å². The van der Waals surface area contributed by atoms with Crippen LogP contribution in [0.25, 0.3) is 10.8 Å². The van der Waals surface area contributed by atoms with Gasteiger partial charge in [0.25, 0.3) is 0 Å². The van der Waals surface area contributed by atoms with Gasteiger partial charge in [-0.2, -0.15) is 0 Å². The molecule has 17 heavy (non-hydrogen) atoms. The third-order valence-electron chi connectivity index (χ3n) is 2.53. The second-order valence-corrected chi connectivity index (χ2v) is 5.75. The summed E-state index contributed by atoms with van der Waals surface area (Å²) in [7, 11) is -3.32. The number of aromatic hydroxyl groups is 1. The van der Waals surface area contributed by atoms with Crippen LogP contribution >= 0.6 is 0 Å². The van der Waals surface area contributed by atoms with Gasteiger partial charge in [0, 0.05) is 10.8 Å². The lowest BCUT2D eigenvalue weighted by atomic mass is 10.0. The highest BCUT2D eigenvalue weighted by Crippen LogP contribution is 2.32. The highest BCUT2D eigenvalue weighted by Gasteiger charge is 2.09. The standard InChI is InChI=1S/C12H13NO3S/c1-8-6-7-9-10(12(8)14)4-3-5-11(9)13-17(2,15)16/h3-7,13-14H,1-2H3. The third-order valence-corrected chi connectivity index (χ3v) is 3.12. The Morgan fingerprint density at radius 1 is 1.12 bits per heavy atom. The molecule has 0 fully saturated rings. The van der Waals surface area contributed by atoms with E-state index in [0.717, 1.165) is 11.8 Å². The quantitative estimate of drug-likeness (QED) is 0.860. The minimum Gasteiger partial charge on any atom is -0.507 e. The summed E-state index contributed by atoms with van der Waals surface area (Å²) in [6.45, 7) is 1.80. The largest absolute Gasteiger partial charge is 0.507 e. The Hall–Kier alpha value is -1.75. The van der Waals surface area contributed by atoms with E-state index in [1.54, 1.807) is 37.3 Å². The van der Waals surface area contributed by atoms with Gasteiger partial charge in [-0.05, 0) is 18.6 Å². The van der Waals surface area contributed by atoms with E-state index in [1.807, 2.05) is 0 Å². The number of phenolic OH excluding ortho intramolecular Hbond substituents is 1. The van der Waals surface area contributed by atoms with Crippen molar-refractivity contribution in [3.8, 4) is 5.75 Å². The van der Waals surface area contributed by atoms with Crippen LogP contribution in [0.1, 0.15) is 5.56 Å². The molecule has 0 amide bonds. The fourth-order valence-electron chi connectivity index (χ4n) is 1.74. The van der Waals surface area contributed by atoms with Gasteiger partial charge in [-0.3, -0.25) is 4.72 Å². The Balaban J connectivity index is 2.71. The van der Waals surface area contributed by atoms with Gasteiger partial charge in [-0.25, -0.2) is 8.42 Å².